The third-order valence-electron chi connectivity index (χ3n) is 2.63. The van der Waals surface area contributed by atoms with Gasteiger partial charge in [-0.05, 0) is 6.42 Å². The van der Waals surface area contributed by atoms with Crippen LogP contribution in [0.3, 0.4) is 0 Å². The van der Waals surface area contributed by atoms with Crippen LogP contribution in [0.15, 0.2) is 10.6 Å². The number of hydrazine groups is 1. The third kappa shape index (κ3) is 2.34. The van der Waals surface area contributed by atoms with Crippen LogP contribution >= 0.6 is 11.8 Å². The Kier molecular flexibility index (Phi) is 3.58. The van der Waals surface area contributed by atoms with E-state index in [1.165, 1.54) is 23.6 Å². The van der Waals surface area contributed by atoms with Crippen molar-refractivity contribution in [2.45, 2.75) is 25.1 Å². The van der Waals surface area contributed by atoms with E-state index in [2.05, 4.69) is 10.9 Å². The highest BCUT2D eigenvalue weighted by atomic mass is 32.2. The molecule has 1 atom stereocenters. The van der Waals surface area contributed by atoms with E-state index in [0.717, 1.165) is 0 Å². The number of thioether (sulfide) groups is 1. The van der Waals surface area contributed by atoms with Crippen LogP contribution in [0.25, 0.3) is 0 Å². The number of aliphatic carboxylic acids is 1. The summed E-state index contributed by atoms with van der Waals surface area (Å²) in [6, 6.07) is 0. The molecule has 1 saturated heterocycles. The molecule has 0 aromatic rings. The van der Waals surface area contributed by atoms with Gasteiger partial charge in [0.1, 0.15) is 5.70 Å². The van der Waals surface area contributed by atoms with Crippen molar-refractivity contribution in [3.63, 3.8) is 0 Å². The molecule has 0 spiro atoms. The SMILES string of the molecule is CC(=O)NNCCC1=C(C(=O)O)N2C(=O)C[C@H]2S1. The second kappa shape index (κ2) is 4.99. The van der Waals surface area contributed by atoms with Crippen LogP contribution in [0, 0.1) is 0 Å². The van der Waals surface area contributed by atoms with E-state index in [1.54, 1.807) is 0 Å². The summed E-state index contributed by atoms with van der Waals surface area (Å²) in [7, 11) is 0. The van der Waals surface area contributed by atoms with Crippen molar-refractivity contribution < 1.29 is 19.5 Å². The Labute approximate surface area is 108 Å². The molecule has 18 heavy (non-hydrogen) atoms. The summed E-state index contributed by atoms with van der Waals surface area (Å²) in [5.74, 6) is -1.43. The number of hydrogen-bond acceptors (Lipinski definition) is 5. The number of carbonyl (C=O) groups excluding carboxylic acids is 2. The van der Waals surface area contributed by atoms with Gasteiger partial charge >= 0.3 is 5.97 Å². The van der Waals surface area contributed by atoms with E-state index in [1.807, 2.05) is 0 Å². The first-order valence-electron chi connectivity index (χ1n) is 5.45. The average Bonchev–Trinajstić information content (AvgIpc) is 2.57. The minimum atomic E-state index is -1.08. The van der Waals surface area contributed by atoms with Gasteiger partial charge in [0.15, 0.2) is 0 Å². The van der Waals surface area contributed by atoms with Crippen molar-refractivity contribution in [3.05, 3.63) is 10.6 Å². The fraction of sp³-hybridized carbons (Fsp3) is 0.500. The molecule has 0 saturated carbocycles. The minimum Gasteiger partial charge on any atom is -0.477 e. The van der Waals surface area contributed by atoms with Crippen molar-refractivity contribution in [2.24, 2.45) is 0 Å². The summed E-state index contributed by atoms with van der Waals surface area (Å²) in [5, 5.41) is 9.06. The molecule has 0 aliphatic carbocycles. The normalized spacial score (nSPS) is 21.7. The minimum absolute atomic E-state index is 0.0561. The number of hydrogen-bond donors (Lipinski definition) is 3. The summed E-state index contributed by atoms with van der Waals surface area (Å²) in [5.41, 5.74) is 5.19. The summed E-state index contributed by atoms with van der Waals surface area (Å²) in [4.78, 5) is 35.1. The number of fused-ring (bicyclic) bond motifs is 1. The van der Waals surface area contributed by atoms with E-state index in [9.17, 15) is 14.4 Å². The van der Waals surface area contributed by atoms with Crippen LogP contribution in [0.1, 0.15) is 19.8 Å². The van der Waals surface area contributed by atoms with Crippen molar-refractivity contribution in [1.29, 1.82) is 0 Å². The summed E-state index contributed by atoms with van der Waals surface area (Å²) >= 11 is 1.41. The molecule has 2 amide bonds. The van der Waals surface area contributed by atoms with Crippen molar-refractivity contribution in [3.8, 4) is 0 Å². The largest absolute Gasteiger partial charge is 0.477 e. The number of rotatable bonds is 5. The van der Waals surface area contributed by atoms with Crippen molar-refractivity contribution in [2.75, 3.05) is 6.54 Å². The number of amides is 2. The Morgan fingerprint density at radius 3 is 2.83 bits per heavy atom. The molecular weight excluding hydrogens is 258 g/mol. The topological polar surface area (TPSA) is 98.7 Å². The van der Waals surface area contributed by atoms with Crippen LogP contribution in [0.5, 0.6) is 0 Å². The Hall–Kier alpha value is -1.54. The Morgan fingerprint density at radius 2 is 2.28 bits per heavy atom. The fourth-order valence-electron chi connectivity index (χ4n) is 1.87. The Balaban J connectivity index is 1.96. The van der Waals surface area contributed by atoms with Gasteiger partial charge in [-0.1, -0.05) is 0 Å². The smallest absolute Gasteiger partial charge is 0.353 e. The maximum atomic E-state index is 11.3. The lowest BCUT2D eigenvalue weighted by Gasteiger charge is -2.33. The zero-order valence-electron chi connectivity index (χ0n) is 9.73. The molecule has 98 valence electrons. The lowest BCUT2D eigenvalue weighted by Crippen LogP contribution is -2.48. The van der Waals surface area contributed by atoms with Gasteiger partial charge in [0, 0.05) is 18.4 Å². The second-order valence-electron chi connectivity index (χ2n) is 3.98. The highest BCUT2D eigenvalue weighted by Crippen LogP contribution is 2.47. The molecule has 2 aliphatic heterocycles. The first-order valence-corrected chi connectivity index (χ1v) is 6.33. The number of carboxylic acids is 1. The van der Waals surface area contributed by atoms with Crippen LogP contribution in [-0.4, -0.2) is 39.7 Å². The summed E-state index contributed by atoms with van der Waals surface area (Å²) < 4.78 is 0. The van der Waals surface area contributed by atoms with Gasteiger partial charge < -0.3 is 5.11 Å². The molecule has 8 heteroatoms. The standard InChI is InChI=1S/C10H13N3O4S/c1-5(14)12-11-3-2-6-9(10(16)17)13-7(15)4-8(13)18-6/h8,11H,2-4H2,1H3,(H,12,14)(H,16,17)/t8-/m1/s1. The molecule has 0 radical (unpaired) electrons. The molecule has 3 N–H and O–H groups in total. The lowest BCUT2D eigenvalue weighted by atomic mass is 10.1. The quantitative estimate of drug-likeness (QED) is 0.358. The predicted octanol–water partition coefficient (Wildman–Crippen LogP) is -0.381. The van der Waals surface area contributed by atoms with Crippen LogP contribution < -0.4 is 10.9 Å². The number of carboxylic acid groups (broad SMARTS) is 1. The van der Waals surface area contributed by atoms with Crippen molar-refractivity contribution >= 4 is 29.5 Å². The van der Waals surface area contributed by atoms with Crippen LogP contribution in [0.2, 0.25) is 0 Å². The maximum absolute atomic E-state index is 11.3. The zero-order valence-corrected chi connectivity index (χ0v) is 10.5. The Bertz CT molecular complexity index is 448. The number of nitrogens with zero attached hydrogens (tertiary/aromatic N) is 1. The maximum Gasteiger partial charge on any atom is 0.353 e. The first-order chi connectivity index (χ1) is 8.50. The van der Waals surface area contributed by atoms with Crippen molar-refractivity contribution in [1.82, 2.24) is 15.8 Å². The average molecular weight is 271 g/mol. The molecule has 7 nitrogen and oxygen atoms in total. The van der Waals surface area contributed by atoms with Gasteiger partial charge in [-0.15, -0.1) is 11.8 Å². The van der Waals surface area contributed by atoms with Gasteiger partial charge in [-0.3, -0.25) is 19.9 Å². The molecular formula is C10H13N3O4S. The molecule has 2 aliphatic rings. The van der Waals surface area contributed by atoms with E-state index in [-0.39, 0.29) is 22.9 Å². The molecule has 2 rings (SSSR count). The van der Waals surface area contributed by atoms with Crippen LogP contribution in [-0.2, 0) is 14.4 Å². The molecule has 2 heterocycles. The number of carbonyl (C=O) groups is 3. The highest BCUT2D eigenvalue weighted by molar-refractivity contribution is 8.04. The molecule has 0 aromatic heterocycles. The fourth-order valence-corrected chi connectivity index (χ4v) is 3.27. The van der Waals surface area contributed by atoms with Crippen LogP contribution in [0.4, 0.5) is 0 Å². The van der Waals surface area contributed by atoms with E-state index < -0.39 is 5.97 Å². The number of nitrogens with one attached hydrogen (secondary N) is 2. The number of β-lactam (4-membered cyclic amide) rings is 1. The first kappa shape index (κ1) is 12.9. The van der Waals surface area contributed by atoms with E-state index >= 15 is 0 Å². The summed E-state index contributed by atoms with van der Waals surface area (Å²) in [6.07, 6.45) is 0.858. The molecule has 0 aromatic carbocycles. The monoisotopic (exact) mass is 271 g/mol. The molecule has 0 unspecified atom stereocenters. The second-order valence-corrected chi connectivity index (χ2v) is 5.25. The van der Waals surface area contributed by atoms with E-state index in [4.69, 9.17) is 5.11 Å². The molecule has 1 fully saturated rings. The van der Waals surface area contributed by atoms with Gasteiger partial charge in [-0.25, -0.2) is 10.2 Å². The Morgan fingerprint density at radius 1 is 1.56 bits per heavy atom. The van der Waals surface area contributed by atoms with Gasteiger partial charge in [0.25, 0.3) is 0 Å². The highest BCUT2D eigenvalue weighted by Gasteiger charge is 2.47. The van der Waals surface area contributed by atoms with E-state index in [0.29, 0.717) is 24.3 Å². The summed E-state index contributed by atoms with van der Waals surface area (Å²) in [6.45, 7) is 1.80. The van der Waals surface area contributed by atoms with Gasteiger partial charge in [0.2, 0.25) is 11.8 Å². The third-order valence-corrected chi connectivity index (χ3v) is 3.96. The zero-order chi connectivity index (χ0) is 13.3. The van der Waals surface area contributed by atoms with Gasteiger partial charge in [0.05, 0.1) is 11.8 Å². The predicted molar refractivity (Wildman–Crippen MR) is 63.9 cm³/mol. The molecule has 0 bridgehead atoms. The van der Waals surface area contributed by atoms with Gasteiger partial charge in [-0.2, -0.15) is 0 Å². The lowest BCUT2D eigenvalue weighted by molar-refractivity contribution is -0.145.